The fourth-order valence-corrected chi connectivity index (χ4v) is 3.00. The van der Waals surface area contributed by atoms with Crippen LogP contribution in [0.1, 0.15) is 26.3 Å². The van der Waals surface area contributed by atoms with E-state index in [1.165, 1.54) is 16.9 Å². The molecule has 3 aromatic heterocycles. The molecule has 3 aromatic rings. The maximum Gasteiger partial charge on any atom is 0.335 e. The number of fused-ring (bicyclic) bond motifs is 1. The molecule has 0 unspecified atom stereocenters. The molecule has 25 heavy (non-hydrogen) atoms. The maximum absolute atomic E-state index is 12.6. The lowest BCUT2D eigenvalue weighted by Gasteiger charge is -2.23. The Balaban J connectivity index is 2.60. The number of nitrogens with zero attached hydrogens (tertiary/aromatic N) is 5. The Morgan fingerprint density at radius 2 is 1.96 bits per heavy atom. The Hall–Kier alpha value is -2.63. The zero-order chi connectivity index (χ0) is 18.5. The van der Waals surface area contributed by atoms with Gasteiger partial charge in [0.25, 0.3) is 5.56 Å². The van der Waals surface area contributed by atoms with E-state index in [4.69, 9.17) is 23.2 Å². The van der Waals surface area contributed by atoms with Gasteiger partial charge in [0.05, 0.1) is 16.8 Å². The summed E-state index contributed by atoms with van der Waals surface area (Å²) in [5.41, 5.74) is -1.91. The molecule has 0 atom stereocenters. The fraction of sp³-hybridized carbons (Fsp3) is 0.267. The first kappa shape index (κ1) is 17.2. The minimum atomic E-state index is -0.772. The van der Waals surface area contributed by atoms with Crippen LogP contribution in [0.3, 0.4) is 0 Å². The van der Waals surface area contributed by atoms with Crippen LogP contribution in [0.15, 0.2) is 21.9 Å². The summed E-state index contributed by atoms with van der Waals surface area (Å²) in [6.07, 6.45) is 1.34. The number of aromatic nitrogens is 5. The first-order valence-electron chi connectivity index (χ1n) is 7.15. The zero-order valence-electron chi connectivity index (χ0n) is 13.5. The van der Waals surface area contributed by atoms with Crippen molar-refractivity contribution < 1.29 is 0 Å². The molecule has 0 saturated heterocycles. The fourth-order valence-electron chi connectivity index (χ4n) is 2.48. The van der Waals surface area contributed by atoms with E-state index in [2.05, 4.69) is 15.1 Å². The minimum absolute atomic E-state index is 0.00350. The number of hydrogen-bond donors (Lipinski definition) is 1. The second kappa shape index (κ2) is 5.72. The summed E-state index contributed by atoms with van der Waals surface area (Å²) in [6, 6.07) is 3.30. The Morgan fingerprint density at radius 1 is 1.28 bits per heavy atom. The van der Waals surface area contributed by atoms with E-state index in [0.29, 0.717) is 0 Å². The van der Waals surface area contributed by atoms with E-state index < -0.39 is 16.8 Å². The number of halogens is 2. The number of H-pyrrole nitrogens is 1. The highest BCUT2D eigenvalue weighted by Gasteiger charge is 2.26. The van der Waals surface area contributed by atoms with Crippen LogP contribution in [0.25, 0.3) is 16.9 Å². The van der Waals surface area contributed by atoms with Gasteiger partial charge in [0.2, 0.25) is 0 Å². The van der Waals surface area contributed by atoms with Crippen molar-refractivity contribution in [1.29, 1.82) is 5.26 Å². The second-order valence-electron chi connectivity index (χ2n) is 6.30. The molecule has 128 valence electrons. The highest BCUT2D eigenvalue weighted by atomic mass is 35.5. The summed E-state index contributed by atoms with van der Waals surface area (Å²) in [6.45, 7) is 5.57. The third-order valence-electron chi connectivity index (χ3n) is 3.49. The van der Waals surface area contributed by atoms with E-state index in [1.54, 1.807) is 0 Å². The molecule has 3 heterocycles. The summed E-state index contributed by atoms with van der Waals surface area (Å²) < 4.78 is 2.59. The monoisotopic (exact) mass is 378 g/mol. The summed E-state index contributed by atoms with van der Waals surface area (Å²) in [7, 11) is 0. The van der Waals surface area contributed by atoms with Crippen LogP contribution in [-0.4, -0.2) is 24.3 Å². The minimum Gasteiger partial charge on any atom is -0.273 e. The molecule has 0 aliphatic rings. The number of aromatic amines is 1. The van der Waals surface area contributed by atoms with Gasteiger partial charge in [-0.15, -0.1) is 0 Å². The largest absolute Gasteiger partial charge is 0.335 e. The molecule has 0 bridgehead atoms. The molecule has 0 aliphatic carbocycles. The van der Waals surface area contributed by atoms with Crippen LogP contribution in [0, 0.1) is 11.3 Å². The molecule has 0 amide bonds. The highest BCUT2D eigenvalue weighted by Crippen LogP contribution is 2.26. The first-order valence-corrected chi connectivity index (χ1v) is 7.91. The van der Waals surface area contributed by atoms with Crippen molar-refractivity contribution in [3.63, 3.8) is 0 Å². The predicted octanol–water partition coefficient (Wildman–Crippen LogP) is 2.20. The van der Waals surface area contributed by atoms with Gasteiger partial charge in [-0.2, -0.15) is 10.4 Å². The summed E-state index contributed by atoms with van der Waals surface area (Å²) in [5.74, 6) is 0.173. The normalized spacial score (nSPS) is 11.7. The summed E-state index contributed by atoms with van der Waals surface area (Å²) in [4.78, 5) is 31.0. The highest BCUT2D eigenvalue weighted by molar-refractivity contribution is 6.37. The molecule has 0 saturated carbocycles. The van der Waals surface area contributed by atoms with Crippen molar-refractivity contribution in [2.24, 2.45) is 0 Å². The average molecular weight is 379 g/mol. The molecule has 3 rings (SSSR count). The maximum atomic E-state index is 12.6. The lowest BCUT2D eigenvalue weighted by molar-refractivity contribution is 0.351. The summed E-state index contributed by atoms with van der Waals surface area (Å²) >= 11 is 12.1. The number of hydrogen-bond acceptors (Lipinski definition) is 5. The van der Waals surface area contributed by atoms with Crippen molar-refractivity contribution >= 4 is 34.2 Å². The molecule has 8 nitrogen and oxygen atoms in total. The number of pyridine rings is 1. The number of nitrogens with one attached hydrogen (secondary N) is 1. The zero-order valence-corrected chi connectivity index (χ0v) is 15.0. The Kier molecular flexibility index (Phi) is 3.94. The lowest BCUT2D eigenvalue weighted by Crippen LogP contribution is -2.34. The quantitative estimate of drug-likeness (QED) is 0.652. The van der Waals surface area contributed by atoms with E-state index in [1.807, 2.05) is 26.8 Å². The van der Waals surface area contributed by atoms with Gasteiger partial charge < -0.3 is 0 Å². The van der Waals surface area contributed by atoms with E-state index >= 15 is 0 Å². The SMILES string of the molecule is CC(C)(C)n1ncc(C#N)c1-n1c(=O)[nH]c(=O)c2c(Cl)cc(Cl)nc21. The van der Waals surface area contributed by atoms with Gasteiger partial charge in [-0.25, -0.2) is 19.0 Å². The summed E-state index contributed by atoms with van der Waals surface area (Å²) in [5, 5.41) is 13.7. The van der Waals surface area contributed by atoms with Crippen molar-refractivity contribution in [3.05, 3.63) is 48.8 Å². The van der Waals surface area contributed by atoms with Crippen LogP contribution >= 0.6 is 23.2 Å². The Bertz CT molecular complexity index is 1160. The third-order valence-corrected chi connectivity index (χ3v) is 3.99. The molecule has 1 N–H and O–H groups in total. The molecule has 0 radical (unpaired) electrons. The second-order valence-corrected chi connectivity index (χ2v) is 7.09. The number of rotatable bonds is 1. The topological polar surface area (TPSA) is 109 Å². The van der Waals surface area contributed by atoms with Crippen LogP contribution in [0.5, 0.6) is 0 Å². The third kappa shape index (κ3) is 2.71. The van der Waals surface area contributed by atoms with Gasteiger partial charge in [0.1, 0.15) is 22.2 Å². The van der Waals surface area contributed by atoms with E-state index in [9.17, 15) is 14.9 Å². The van der Waals surface area contributed by atoms with Gasteiger partial charge >= 0.3 is 5.69 Å². The van der Waals surface area contributed by atoms with Gasteiger partial charge in [0, 0.05) is 0 Å². The van der Waals surface area contributed by atoms with Crippen molar-refractivity contribution in [2.45, 2.75) is 26.3 Å². The van der Waals surface area contributed by atoms with Crippen molar-refractivity contribution in [2.75, 3.05) is 0 Å². The number of nitriles is 1. The molecule has 0 fully saturated rings. The van der Waals surface area contributed by atoms with Crippen molar-refractivity contribution in [3.8, 4) is 11.9 Å². The standard InChI is InChI=1S/C15H12Cl2N6O2/c1-15(2,3)23-13(7(5-18)6-19-23)22-11-10(12(24)21-14(22)25)8(16)4-9(17)20-11/h4,6H,1-3H3,(H,21,24,25). The molecule has 0 aliphatic heterocycles. The van der Waals surface area contributed by atoms with Gasteiger partial charge in [-0.3, -0.25) is 9.78 Å². The predicted molar refractivity (Wildman–Crippen MR) is 93.5 cm³/mol. The van der Waals surface area contributed by atoms with Crippen LogP contribution < -0.4 is 11.2 Å². The average Bonchev–Trinajstić information content (AvgIpc) is 2.89. The lowest BCUT2D eigenvalue weighted by atomic mass is 10.1. The smallest absolute Gasteiger partial charge is 0.273 e. The van der Waals surface area contributed by atoms with Gasteiger partial charge in [0.15, 0.2) is 11.5 Å². The molecule has 0 aromatic carbocycles. The van der Waals surface area contributed by atoms with E-state index in [-0.39, 0.29) is 32.6 Å². The Morgan fingerprint density at radius 3 is 2.56 bits per heavy atom. The molecule has 10 heteroatoms. The van der Waals surface area contributed by atoms with Gasteiger partial charge in [-0.05, 0) is 26.8 Å². The first-order chi connectivity index (χ1) is 11.6. The van der Waals surface area contributed by atoms with E-state index in [0.717, 1.165) is 4.57 Å². The molecular formula is C15H12Cl2N6O2. The molecule has 0 spiro atoms. The van der Waals surface area contributed by atoms with Crippen LogP contribution in [0.4, 0.5) is 0 Å². The van der Waals surface area contributed by atoms with Crippen molar-refractivity contribution in [1.82, 2.24) is 24.3 Å². The van der Waals surface area contributed by atoms with Gasteiger partial charge in [-0.1, -0.05) is 23.2 Å². The van der Waals surface area contributed by atoms with Crippen LogP contribution in [0.2, 0.25) is 10.2 Å². The van der Waals surface area contributed by atoms with Crippen LogP contribution in [-0.2, 0) is 5.54 Å². The molecular weight excluding hydrogens is 367 g/mol. The Labute approximate surface area is 151 Å².